The number of anilines is 1. The van der Waals surface area contributed by atoms with E-state index in [9.17, 15) is 22.8 Å². The first-order valence-electron chi connectivity index (χ1n) is 9.93. The average molecular weight is 438 g/mol. The monoisotopic (exact) mass is 438 g/mol. The van der Waals surface area contributed by atoms with E-state index >= 15 is 0 Å². The Morgan fingerprint density at radius 2 is 1.61 bits per heavy atom. The molecule has 0 fully saturated rings. The van der Waals surface area contributed by atoms with Gasteiger partial charge in [0.25, 0.3) is 5.91 Å². The molecule has 0 radical (unpaired) electrons. The van der Waals surface area contributed by atoms with Crippen LogP contribution in [0.5, 0.6) is 11.5 Å². The minimum Gasteiger partial charge on any atom is -0.490 e. The largest absolute Gasteiger partial charge is 0.490 e. The molecule has 0 saturated heterocycles. The lowest BCUT2D eigenvalue weighted by molar-refractivity contribution is -0.136. The standard InChI is InChI=1S/C22H25F3N2O4/c1-3-11-27(13-19(28)26-16-10-9-15(23)21(24)22(16)25)20(29)14-31-18-8-6-5-7-17(18)30-12-4-2/h5-10H,3-4,11-14H2,1-2H3,(H,26,28). The Hall–Kier alpha value is -3.23. The molecule has 6 nitrogen and oxygen atoms in total. The van der Waals surface area contributed by atoms with Gasteiger partial charge in [-0.05, 0) is 37.1 Å². The van der Waals surface area contributed by atoms with Crippen LogP contribution in [-0.2, 0) is 9.59 Å². The molecule has 0 atom stereocenters. The number of hydrogen-bond acceptors (Lipinski definition) is 4. The molecule has 0 unspecified atom stereocenters. The van der Waals surface area contributed by atoms with Gasteiger partial charge in [0, 0.05) is 6.54 Å². The summed E-state index contributed by atoms with van der Waals surface area (Å²) < 4.78 is 51.3. The number of nitrogens with zero attached hydrogens (tertiary/aromatic N) is 1. The van der Waals surface area contributed by atoms with Crippen molar-refractivity contribution in [2.24, 2.45) is 0 Å². The molecule has 2 amide bonds. The van der Waals surface area contributed by atoms with E-state index < -0.39 is 41.5 Å². The van der Waals surface area contributed by atoms with Gasteiger partial charge in [-0.1, -0.05) is 26.0 Å². The third-order valence-corrected chi connectivity index (χ3v) is 4.15. The van der Waals surface area contributed by atoms with Gasteiger partial charge in [0.15, 0.2) is 35.6 Å². The van der Waals surface area contributed by atoms with Gasteiger partial charge in [-0.25, -0.2) is 13.2 Å². The SMILES string of the molecule is CCCOc1ccccc1OCC(=O)N(CCC)CC(=O)Nc1ccc(F)c(F)c1F. The number of hydrogen-bond donors (Lipinski definition) is 1. The minimum absolute atomic E-state index is 0.254. The molecule has 0 saturated carbocycles. The van der Waals surface area contributed by atoms with Gasteiger partial charge in [0.2, 0.25) is 5.91 Å². The van der Waals surface area contributed by atoms with Crippen LogP contribution in [0.1, 0.15) is 26.7 Å². The summed E-state index contributed by atoms with van der Waals surface area (Å²) in [5.41, 5.74) is -0.508. The molecule has 9 heteroatoms. The molecule has 0 aliphatic rings. The number of para-hydroxylation sites is 2. The van der Waals surface area contributed by atoms with Gasteiger partial charge in [0.1, 0.15) is 0 Å². The van der Waals surface area contributed by atoms with Crippen LogP contribution in [0.4, 0.5) is 18.9 Å². The summed E-state index contributed by atoms with van der Waals surface area (Å²) >= 11 is 0. The maximum Gasteiger partial charge on any atom is 0.260 e. The third kappa shape index (κ3) is 6.91. The normalized spacial score (nSPS) is 10.5. The van der Waals surface area contributed by atoms with E-state index in [2.05, 4.69) is 5.32 Å². The van der Waals surface area contributed by atoms with Crippen molar-refractivity contribution in [3.05, 3.63) is 53.8 Å². The first-order valence-corrected chi connectivity index (χ1v) is 9.93. The van der Waals surface area contributed by atoms with Gasteiger partial charge in [-0.2, -0.15) is 0 Å². The van der Waals surface area contributed by atoms with Crippen LogP contribution in [0, 0.1) is 17.5 Å². The highest BCUT2D eigenvalue weighted by Crippen LogP contribution is 2.26. The van der Waals surface area contributed by atoms with E-state index in [1.54, 1.807) is 24.3 Å². The maximum atomic E-state index is 13.8. The van der Waals surface area contributed by atoms with Crippen LogP contribution in [0.15, 0.2) is 36.4 Å². The molecule has 1 N–H and O–H groups in total. The number of amides is 2. The zero-order valence-electron chi connectivity index (χ0n) is 17.4. The molecule has 0 bridgehead atoms. The summed E-state index contributed by atoms with van der Waals surface area (Å²) in [5.74, 6) is -4.87. The van der Waals surface area contributed by atoms with Crippen molar-refractivity contribution in [2.45, 2.75) is 26.7 Å². The molecule has 31 heavy (non-hydrogen) atoms. The van der Waals surface area contributed by atoms with Crippen molar-refractivity contribution in [3.8, 4) is 11.5 Å². The predicted molar refractivity (Wildman–Crippen MR) is 110 cm³/mol. The fourth-order valence-corrected chi connectivity index (χ4v) is 2.68. The highest BCUT2D eigenvalue weighted by atomic mass is 19.2. The second-order valence-corrected chi connectivity index (χ2v) is 6.67. The van der Waals surface area contributed by atoms with E-state index in [0.717, 1.165) is 12.5 Å². The van der Waals surface area contributed by atoms with Crippen LogP contribution in [0.2, 0.25) is 0 Å². The zero-order valence-corrected chi connectivity index (χ0v) is 17.4. The van der Waals surface area contributed by atoms with Gasteiger partial charge in [0.05, 0.1) is 18.8 Å². The smallest absolute Gasteiger partial charge is 0.260 e. The highest BCUT2D eigenvalue weighted by Gasteiger charge is 2.20. The number of halogens is 3. The summed E-state index contributed by atoms with van der Waals surface area (Å²) in [7, 11) is 0. The van der Waals surface area contributed by atoms with Crippen molar-refractivity contribution < 1.29 is 32.2 Å². The van der Waals surface area contributed by atoms with Crippen LogP contribution in [0.25, 0.3) is 0 Å². The van der Waals surface area contributed by atoms with Crippen LogP contribution in [-0.4, -0.2) is 43.0 Å². The molecule has 0 aliphatic heterocycles. The Bertz CT molecular complexity index is 908. The number of carbonyl (C=O) groups is 2. The third-order valence-electron chi connectivity index (χ3n) is 4.15. The Morgan fingerprint density at radius 1 is 0.935 bits per heavy atom. The van der Waals surface area contributed by atoms with E-state index in [0.29, 0.717) is 30.6 Å². The highest BCUT2D eigenvalue weighted by molar-refractivity contribution is 5.94. The number of ether oxygens (including phenoxy) is 2. The molecule has 168 valence electrons. The summed E-state index contributed by atoms with van der Waals surface area (Å²) in [6.45, 7) is 3.80. The van der Waals surface area contributed by atoms with Crippen molar-refractivity contribution in [2.75, 3.05) is 31.6 Å². The van der Waals surface area contributed by atoms with Gasteiger partial charge in [-0.15, -0.1) is 0 Å². The molecular formula is C22H25F3N2O4. The lowest BCUT2D eigenvalue weighted by atomic mass is 10.2. The number of rotatable bonds is 11. The zero-order chi connectivity index (χ0) is 22.8. The Morgan fingerprint density at radius 3 is 2.26 bits per heavy atom. The molecule has 0 aromatic heterocycles. The molecule has 2 aromatic rings. The average Bonchev–Trinajstić information content (AvgIpc) is 2.76. The molecular weight excluding hydrogens is 413 g/mol. The summed E-state index contributed by atoms with van der Waals surface area (Å²) in [6, 6.07) is 8.53. The van der Waals surface area contributed by atoms with E-state index in [-0.39, 0.29) is 13.2 Å². The molecule has 0 spiro atoms. The Kier molecular flexibility index (Phi) is 9.17. The van der Waals surface area contributed by atoms with Crippen molar-refractivity contribution in [1.29, 1.82) is 0 Å². The Labute approximate surface area is 178 Å². The molecule has 2 rings (SSSR count). The van der Waals surface area contributed by atoms with Crippen LogP contribution < -0.4 is 14.8 Å². The summed E-state index contributed by atoms with van der Waals surface area (Å²) in [6.07, 6.45) is 1.37. The fourth-order valence-electron chi connectivity index (χ4n) is 2.68. The number of nitrogens with one attached hydrogen (secondary N) is 1. The summed E-state index contributed by atoms with van der Waals surface area (Å²) in [5, 5.41) is 2.15. The van der Waals surface area contributed by atoms with Gasteiger partial charge < -0.3 is 19.7 Å². The van der Waals surface area contributed by atoms with Gasteiger partial charge in [-0.3, -0.25) is 9.59 Å². The van der Waals surface area contributed by atoms with Crippen molar-refractivity contribution >= 4 is 17.5 Å². The van der Waals surface area contributed by atoms with Crippen molar-refractivity contribution in [1.82, 2.24) is 4.90 Å². The maximum absolute atomic E-state index is 13.8. The van der Waals surface area contributed by atoms with E-state index in [1.807, 2.05) is 13.8 Å². The lowest BCUT2D eigenvalue weighted by Crippen LogP contribution is -2.41. The second-order valence-electron chi connectivity index (χ2n) is 6.67. The number of carbonyl (C=O) groups excluding carboxylic acids is 2. The summed E-state index contributed by atoms with van der Waals surface area (Å²) in [4.78, 5) is 26.1. The minimum atomic E-state index is -1.68. The van der Waals surface area contributed by atoms with Crippen LogP contribution in [0.3, 0.4) is 0 Å². The lowest BCUT2D eigenvalue weighted by Gasteiger charge is -2.22. The first-order chi connectivity index (χ1) is 14.9. The molecule has 0 aliphatic carbocycles. The predicted octanol–water partition coefficient (Wildman–Crippen LogP) is 4.15. The quantitative estimate of drug-likeness (QED) is 0.536. The Balaban J connectivity index is 1.99. The fraction of sp³-hybridized carbons (Fsp3) is 0.364. The van der Waals surface area contributed by atoms with Gasteiger partial charge >= 0.3 is 0 Å². The van der Waals surface area contributed by atoms with Crippen LogP contribution >= 0.6 is 0 Å². The topological polar surface area (TPSA) is 67.9 Å². The van der Waals surface area contributed by atoms with E-state index in [4.69, 9.17) is 9.47 Å². The first kappa shape index (κ1) is 24.0. The van der Waals surface area contributed by atoms with E-state index in [1.165, 1.54) is 4.90 Å². The molecule has 0 heterocycles. The molecule has 2 aromatic carbocycles. The van der Waals surface area contributed by atoms with Crippen molar-refractivity contribution in [3.63, 3.8) is 0 Å². The number of benzene rings is 2. The second kappa shape index (κ2) is 11.8.